The van der Waals surface area contributed by atoms with Crippen molar-refractivity contribution in [2.24, 2.45) is 0 Å². The molecule has 0 aliphatic heterocycles. The second-order valence-electron chi connectivity index (χ2n) is 24.3. The molecule has 0 saturated carbocycles. The molecule has 0 spiro atoms. The fourth-order valence-electron chi connectivity index (χ4n) is 15.6. The monoisotopic (exact) mass is 1100 g/mol. The van der Waals surface area contributed by atoms with Gasteiger partial charge in [0.05, 0.1) is 33.6 Å². The Bertz CT molecular complexity index is 4540. The lowest BCUT2D eigenvalue weighted by molar-refractivity contribution is 0.768. The predicted molar refractivity (Wildman–Crippen MR) is 363 cm³/mol. The number of anilines is 6. The summed E-state index contributed by atoms with van der Waals surface area (Å²) in [6, 6.07) is 106. The zero-order chi connectivity index (χ0) is 58.0. The molecule has 410 valence electrons. The second kappa shape index (κ2) is 19.7. The Morgan fingerprint density at radius 3 is 0.837 bits per heavy atom. The van der Waals surface area contributed by atoms with Crippen molar-refractivity contribution in [3.05, 3.63) is 357 Å². The highest BCUT2D eigenvalue weighted by molar-refractivity contribution is 6.28. The number of para-hydroxylation sites is 2. The molecule has 2 aliphatic rings. The summed E-state index contributed by atoms with van der Waals surface area (Å²) in [6.45, 7) is 13.4. The van der Waals surface area contributed by atoms with E-state index in [0.717, 1.165) is 22.7 Å². The van der Waals surface area contributed by atoms with Crippen LogP contribution < -0.4 is 9.80 Å². The number of benzene rings is 14. The fraction of sp³-hybridized carbons (Fsp3) is 0.0952. The molecule has 0 radical (unpaired) electrons. The van der Waals surface area contributed by atoms with Crippen molar-refractivity contribution < 1.29 is 0 Å². The van der Waals surface area contributed by atoms with Crippen molar-refractivity contribution in [2.75, 3.05) is 9.80 Å². The fourth-order valence-corrected chi connectivity index (χ4v) is 15.6. The highest BCUT2D eigenvalue weighted by Gasteiger charge is 2.47. The highest BCUT2D eigenvalue weighted by atomic mass is 15.2. The first-order valence-corrected chi connectivity index (χ1v) is 30.3. The number of hydrogen-bond acceptors (Lipinski definition) is 2. The van der Waals surface area contributed by atoms with E-state index < -0.39 is 10.8 Å². The molecule has 0 saturated heterocycles. The molecule has 2 aliphatic carbocycles. The van der Waals surface area contributed by atoms with Crippen LogP contribution in [-0.2, 0) is 10.8 Å². The predicted octanol–water partition coefficient (Wildman–Crippen LogP) is 22.1. The van der Waals surface area contributed by atoms with Gasteiger partial charge in [0.1, 0.15) is 0 Å². The largest absolute Gasteiger partial charge is 0.309 e. The first kappa shape index (κ1) is 51.4. The van der Waals surface area contributed by atoms with Gasteiger partial charge in [-0.2, -0.15) is 0 Å². The maximum Gasteiger partial charge on any atom is 0.0713 e. The third-order valence-electron chi connectivity index (χ3n) is 19.4. The summed E-state index contributed by atoms with van der Waals surface area (Å²) in [6.07, 6.45) is 0. The van der Waals surface area contributed by atoms with Crippen molar-refractivity contribution in [3.8, 4) is 22.3 Å². The maximum atomic E-state index is 2.53. The Labute approximate surface area is 504 Å². The normalized spacial score (nSPS) is 13.4. The average Bonchev–Trinajstić information content (AvgIpc) is 1.49. The molecule has 0 atom stereocenters. The van der Waals surface area contributed by atoms with E-state index in [4.69, 9.17) is 0 Å². The number of aryl methyl sites for hydroxylation is 6. The van der Waals surface area contributed by atoms with E-state index in [-0.39, 0.29) is 0 Å². The zero-order valence-corrected chi connectivity index (χ0v) is 49.5. The Morgan fingerprint density at radius 1 is 0.244 bits per heavy atom. The van der Waals surface area contributed by atoms with E-state index in [2.05, 4.69) is 330 Å². The molecular formula is C84H64N2. The van der Waals surface area contributed by atoms with E-state index in [9.17, 15) is 0 Å². The lowest BCUT2D eigenvalue weighted by Crippen LogP contribution is -2.28. The van der Waals surface area contributed by atoms with Gasteiger partial charge in [-0.05, 0) is 189 Å². The first-order valence-electron chi connectivity index (χ1n) is 30.3. The van der Waals surface area contributed by atoms with Crippen LogP contribution >= 0.6 is 0 Å². The summed E-state index contributed by atoms with van der Waals surface area (Å²) in [5.74, 6) is 0. The average molecular weight is 1100 g/mol. The van der Waals surface area contributed by atoms with Crippen LogP contribution in [0.2, 0.25) is 0 Å². The smallest absolute Gasteiger partial charge is 0.0713 e. The topological polar surface area (TPSA) is 6.48 Å². The van der Waals surface area contributed by atoms with E-state index >= 15 is 0 Å². The Hall–Kier alpha value is -10.3. The van der Waals surface area contributed by atoms with E-state index in [1.54, 1.807) is 0 Å². The Morgan fingerprint density at radius 2 is 0.523 bits per heavy atom. The lowest BCUT2D eigenvalue weighted by Gasteiger charge is -2.35. The highest BCUT2D eigenvalue weighted by Crippen LogP contribution is 2.59. The minimum Gasteiger partial charge on any atom is -0.309 e. The minimum absolute atomic E-state index is 0.502. The number of hydrogen-bond donors (Lipinski definition) is 0. The standard InChI is InChI=1S/C84H64N2/c1-53-29-37-61(38-30-53)83(73-25-11-7-21-67(73)68-22-8-12-26-74(68)83)63-41-45-65(46-42-63)85(81-55(3)17-15-18-56(81)4)77-51-35-59-34-50-72-78(52-36-60-33-49-71(77)79(59)80(60)72)86(82-57(5)19-16-20-58(82)6)66-47-43-64(44-48-66)84(62-39-31-54(2)32-40-62)75-27-13-9-23-69(75)70-24-10-14-28-76(70)84/h7-52H,1-6H3. The van der Waals surface area contributed by atoms with Crippen molar-refractivity contribution in [3.63, 3.8) is 0 Å². The first-order chi connectivity index (χ1) is 42.1. The van der Waals surface area contributed by atoms with E-state index in [1.807, 2.05) is 0 Å². The van der Waals surface area contributed by atoms with Crippen LogP contribution in [0.25, 0.3) is 54.6 Å². The van der Waals surface area contributed by atoms with E-state index in [1.165, 1.54) is 144 Å². The second-order valence-corrected chi connectivity index (χ2v) is 24.3. The zero-order valence-electron chi connectivity index (χ0n) is 49.5. The maximum absolute atomic E-state index is 2.53. The van der Waals surface area contributed by atoms with Crippen LogP contribution in [0.5, 0.6) is 0 Å². The lowest BCUT2D eigenvalue weighted by atomic mass is 9.67. The molecule has 14 aromatic rings. The molecule has 0 unspecified atom stereocenters. The summed E-state index contributed by atoms with van der Waals surface area (Å²) in [4.78, 5) is 5.07. The van der Waals surface area contributed by atoms with Gasteiger partial charge in [-0.3, -0.25) is 0 Å². The van der Waals surface area contributed by atoms with Crippen molar-refractivity contribution in [2.45, 2.75) is 52.4 Å². The van der Waals surface area contributed by atoms with Gasteiger partial charge in [-0.25, -0.2) is 0 Å². The van der Waals surface area contributed by atoms with Crippen LogP contribution in [-0.4, -0.2) is 0 Å². The number of nitrogens with zero attached hydrogens (tertiary/aromatic N) is 2. The van der Waals surface area contributed by atoms with Crippen LogP contribution in [0.15, 0.2) is 279 Å². The molecule has 86 heavy (non-hydrogen) atoms. The molecule has 0 aromatic heterocycles. The third-order valence-corrected chi connectivity index (χ3v) is 19.4. The Kier molecular flexibility index (Phi) is 11.7. The van der Waals surface area contributed by atoms with Gasteiger partial charge in [-0.15, -0.1) is 0 Å². The molecule has 2 heteroatoms. The summed E-state index contributed by atoms with van der Waals surface area (Å²) < 4.78 is 0. The van der Waals surface area contributed by atoms with Crippen molar-refractivity contribution in [1.29, 1.82) is 0 Å². The van der Waals surface area contributed by atoms with Crippen LogP contribution in [0.4, 0.5) is 34.1 Å². The van der Waals surface area contributed by atoms with Crippen molar-refractivity contribution >= 4 is 66.4 Å². The summed E-state index contributed by atoms with van der Waals surface area (Å²) >= 11 is 0. The SMILES string of the molecule is Cc1ccc(C2(c3ccc(N(c4c(C)cccc4C)c4ccc5ccc6c(N(c7ccc(C8(c9ccc(C)cc9)c9ccccc9-c9ccccc98)cc7)c7c(C)cccc7C)ccc7ccc4c5c76)cc3)c3ccccc3-c3ccccc32)cc1. The van der Waals surface area contributed by atoms with Gasteiger partial charge < -0.3 is 9.80 Å². The van der Waals surface area contributed by atoms with Gasteiger partial charge in [0.2, 0.25) is 0 Å². The van der Waals surface area contributed by atoms with Gasteiger partial charge >= 0.3 is 0 Å². The quantitative estimate of drug-likeness (QED) is 0.126. The molecule has 0 bridgehead atoms. The molecule has 0 amide bonds. The molecule has 16 rings (SSSR count). The Balaban J connectivity index is 0.878. The van der Waals surface area contributed by atoms with Gasteiger partial charge in [0.25, 0.3) is 0 Å². The third kappa shape index (κ3) is 7.39. The molecule has 2 nitrogen and oxygen atoms in total. The van der Waals surface area contributed by atoms with Crippen LogP contribution in [0.1, 0.15) is 77.9 Å². The van der Waals surface area contributed by atoms with Gasteiger partial charge in [-0.1, -0.05) is 254 Å². The molecule has 0 fully saturated rings. The molecular weight excluding hydrogens is 1040 g/mol. The summed E-state index contributed by atoms with van der Waals surface area (Å²) in [7, 11) is 0. The minimum atomic E-state index is -0.502. The number of fused-ring (bicyclic) bond motifs is 6. The summed E-state index contributed by atoms with van der Waals surface area (Å²) in [5.41, 5.74) is 28.7. The van der Waals surface area contributed by atoms with Crippen LogP contribution in [0, 0.1) is 41.5 Å². The molecule has 0 heterocycles. The van der Waals surface area contributed by atoms with Gasteiger partial charge in [0, 0.05) is 22.1 Å². The van der Waals surface area contributed by atoms with Crippen molar-refractivity contribution in [1.82, 2.24) is 0 Å². The molecule has 0 N–H and O–H groups in total. The van der Waals surface area contributed by atoms with Gasteiger partial charge in [0.15, 0.2) is 0 Å². The van der Waals surface area contributed by atoms with Crippen LogP contribution in [0.3, 0.4) is 0 Å². The molecule has 14 aromatic carbocycles. The van der Waals surface area contributed by atoms with E-state index in [0.29, 0.717) is 0 Å². The summed E-state index contributed by atoms with van der Waals surface area (Å²) in [5, 5.41) is 7.38. The number of rotatable bonds is 10.